The predicted octanol–water partition coefficient (Wildman–Crippen LogP) is 1.57. The largest absolute Gasteiger partial charge is 0.378 e. The van der Waals surface area contributed by atoms with Gasteiger partial charge in [-0.15, -0.1) is 12.4 Å². The Morgan fingerprint density at radius 2 is 2.09 bits per heavy atom. The third-order valence-electron chi connectivity index (χ3n) is 2.62. The molecule has 1 rings (SSSR count). The Hall–Kier alpha value is 0.210. The van der Waals surface area contributed by atoms with Gasteiger partial charge in [0.25, 0.3) is 0 Å². The fourth-order valence-electron chi connectivity index (χ4n) is 1.40. The minimum atomic E-state index is 0. The molecule has 3 heteroatoms. The molecule has 0 aromatic rings. The molecular weight excluding hydrogens is 162 g/mol. The molecule has 1 fully saturated rings. The van der Waals surface area contributed by atoms with Crippen molar-refractivity contribution in [2.45, 2.75) is 39.3 Å². The summed E-state index contributed by atoms with van der Waals surface area (Å²) >= 11 is 0. The predicted molar refractivity (Wildman–Crippen MR) is 49.0 cm³/mol. The molecule has 11 heavy (non-hydrogen) atoms. The monoisotopic (exact) mass is 179 g/mol. The molecule has 2 nitrogen and oxygen atoms in total. The Balaban J connectivity index is 0.000001000. The van der Waals surface area contributed by atoms with Gasteiger partial charge in [-0.05, 0) is 13.3 Å². The first-order valence-corrected chi connectivity index (χ1v) is 3.96. The number of hydrogen-bond donors (Lipinski definition) is 1. The van der Waals surface area contributed by atoms with Crippen molar-refractivity contribution in [2.75, 3.05) is 6.61 Å². The lowest BCUT2D eigenvalue weighted by molar-refractivity contribution is -0.103. The van der Waals surface area contributed by atoms with E-state index >= 15 is 0 Å². The van der Waals surface area contributed by atoms with Crippen LogP contribution in [0.3, 0.4) is 0 Å². The van der Waals surface area contributed by atoms with Crippen LogP contribution in [0, 0.1) is 5.41 Å². The highest BCUT2D eigenvalue weighted by atomic mass is 35.5. The molecular formula is C8H18ClNO. The SMILES string of the molecule is CCO[C@@H]1C[C@@H](N)C1(C)C.Cl. The van der Waals surface area contributed by atoms with E-state index in [1.807, 2.05) is 6.92 Å². The number of nitrogens with two attached hydrogens (primary N) is 1. The van der Waals surface area contributed by atoms with Crippen molar-refractivity contribution < 1.29 is 4.74 Å². The molecule has 0 spiro atoms. The zero-order chi connectivity index (χ0) is 7.78. The van der Waals surface area contributed by atoms with E-state index in [0.29, 0.717) is 12.1 Å². The lowest BCUT2D eigenvalue weighted by Crippen LogP contribution is -2.58. The van der Waals surface area contributed by atoms with Crippen LogP contribution in [0.1, 0.15) is 27.2 Å². The van der Waals surface area contributed by atoms with E-state index in [1.165, 1.54) is 0 Å². The van der Waals surface area contributed by atoms with E-state index in [-0.39, 0.29) is 17.8 Å². The Labute approximate surface area is 74.9 Å². The van der Waals surface area contributed by atoms with E-state index < -0.39 is 0 Å². The maximum Gasteiger partial charge on any atom is 0.0655 e. The zero-order valence-electron chi connectivity index (χ0n) is 7.46. The van der Waals surface area contributed by atoms with Crippen LogP contribution >= 0.6 is 12.4 Å². The minimum absolute atomic E-state index is 0. The van der Waals surface area contributed by atoms with Crippen LogP contribution in [-0.4, -0.2) is 18.8 Å². The van der Waals surface area contributed by atoms with E-state index in [2.05, 4.69) is 13.8 Å². The average Bonchev–Trinajstić information content (AvgIpc) is 1.88. The van der Waals surface area contributed by atoms with Gasteiger partial charge in [0, 0.05) is 18.1 Å². The maximum atomic E-state index is 5.80. The smallest absolute Gasteiger partial charge is 0.0655 e. The van der Waals surface area contributed by atoms with Crippen LogP contribution in [0.4, 0.5) is 0 Å². The first-order valence-electron chi connectivity index (χ1n) is 3.96. The average molecular weight is 180 g/mol. The summed E-state index contributed by atoms with van der Waals surface area (Å²) in [6, 6.07) is 0.337. The summed E-state index contributed by atoms with van der Waals surface area (Å²) in [6.45, 7) is 7.17. The second kappa shape index (κ2) is 3.74. The van der Waals surface area contributed by atoms with Crippen molar-refractivity contribution in [3.63, 3.8) is 0 Å². The Morgan fingerprint density at radius 3 is 2.36 bits per heavy atom. The highest BCUT2D eigenvalue weighted by Gasteiger charge is 2.46. The van der Waals surface area contributed by atoms with Crippen LogP contribution in [0.2, 0.25) is 0 Å². The van der Waals surface area contributed by atoms with Gasteiger partial charge in [0.2, 0.25) is 0 Å². The van der Waals surface area contributed by atoms with Crippen molar-refractivity contribution in [3.05, 3.63) is 0 Å². The molecule has 0 aromatic carbocycles. The lowest BCUT2D eigenvalue weighted by atomic mass is 9.65. The normalized spacial score (nSPS) is 33.8. The molecule has 0 amide bonds. The summed E-state index contributed by atoms with van der Waals surface area (Å²) in [4.78, 5) is 0. The van der Waals surface area contributed by atoms with Gasteiger partial charge >= 0.3 is 0 Å². The molecule has 2 N–H and O–H groups in total. The molecule has 0 unspecified atom stereocenters. The highest BCUT2D eigenvalue weighted by molar-refractivity contribution is 5.85. The zero-order valence-corrected chi connectivity index (χ0v) is 8.28. The Bertz CT molecular complexity index is 125. The molecule has 1 aliphatic rings. The van der Waals surface area contributed by atoms with Gasteiger partial charge in [-0.3, -0.25) is 0 Å². The quantitative estimate of drug-likeness (QED) is 0.699. The van der Waals surface area contributed by atoms with Gasteiger partial charge in [-0.2, -0.15) is 0 Å². The molecule has 0 radical (unpaired) electrons. The minimum Gasteiger partial charge on any atom is -0.378 e. The van der Waals surface area contributed by atoms with E-state index in [0.717, 1.165) is 13.0 Å². The first-order chi connectivity index (χ1) is 4.59. The second-order valence-corrected chi connectivity index (χ2v) is 3.61. The number of ether oxygens (including phenoxy) is 1. The van der Waals surface area contributed by atoms with Gasteiger partial charge in [0.15, 0.2) is 0 Å². The summed E-state index contributed by atoms with van der Waals surface area (Å²) in [5.74, 6) is 0. The van der Waals surface area contributed by atoms with Crippen molar-refractivity contribution in [2.24, 2.45) is 11.1 Å². The fourth-order valence-corrected chi connectivity index (χ4v) is 1.40. The summed E-state index contributed by atoms with van der Waals surface area (Å²) in [7, 11) is 0. The van der Waals surface area contributed by atoms with E-state index in [1.54, 1.807) is 0 Å². The first kappa shape index (κ1) is 11.2. The topological polar surface area (TPSA) is 35.2 Å². The molecule has 2 atom stereocenters. The fraction of sp³-hybridized carbons (Fsp3) is 1.00. The van der Waals surface area contributed by atoms with Crippen LogP contribution in [0.15, 0.2) is 0 Å². The summed E-state index contributed by atoms with van der Waals surface area (Å²) in [6.07, 6.45) is 1.42. The molecule has 0 heterocycles. The summed E-state index contributed by atoms with van der Waals surface area (Å²) in [5, 5.41) is 0. The van der Waals surface area contributed by atoms with Crippen LogP contribution in [0.5, 0.6) is 0 Å². The third-order valence-corrected chi connectivity index (χ3v) is 2.62. The Morgan fingerprint density at radius 1 is 1.55 bits per heavy atom. The van der Waals surface area contributed by atoms with Gasteiger partial charge in [0.05, 0.1) is 6.10 Å². The molecule has 0 aliphatic heterocycles. The second-order valence-electron chi connectivity index (χ2n) is 3.61. The molecule has 0 bridgehead atoms. The molecule has 1 aliphatic carbocycles. The Kier molecular flexibility index (Phi) is 3.82. The lowest BCUT2D eigenvalue weighted by Gasteiger charge is -2.49. The van der Waals surface area contributed by atoms with Crippen molar-refractivity contribution in [3.8, 4) is 0 Å². The molecule has 0 aromatic heterocycles. The van der Waals surface area contributed by atoms with Crippen molar-refractivity contribution >= 4 is 12.4 Å². The maximum absolute atomic E-state index is 5.80. The third kappa shape index (κ3) is 1.86. The van der Waals surface area contributed by atoms with Gasteiger partial charge in [-0.1, -0.05) is 13.8 Å². The van der Waals surface area contributed by atoms with Crippen molar-refractivity contribution in [1.29, 1.82) is 0 Å². The summed E-state index contributed by atoms with van der Waals surface area (Å²) in [5.41, 5.74) is 6.00. The van der Waals surface area contributed by atoms with Gasteiger partial charge in [-0.25, -0.2) is 0 Å². The molecule has 68 valence electrons. The van der Waals surface area contributed by atoms with E-state index in [9.17, 15) is 0 Å². The standard InChI is InChI=1S/C8H17NO.ClH/c1-4-10-7-5-6(9)8(7,2)3;/h6-7H,4-5,9H2,1-3H3;1H/t6-,7-;/m1./s1. The van der Waals surface area contributed by atoms with Crippen LogP contribution in [-0.2, 0) is 4.74 Å². The highest BCUT2D eigenvalue weighted by Crippen LogP contribution is 2.41. The van der Waals surface area contributed by atoms with Crippen molar-refractivity contribution in [1.82, 2.24) is 0 Å². The van der Waals surface area contributed by atoms with Gasteiger partial charge < -0.3 is 10.5 Å². The number of halogens is 1. The van der Waals surface area contributed by atoms with Gasteiger partial charge in [0.1, 0.15) is 0 Å². The van der Waals surface area contributed by atoms with Crippen LogP contribution in [0.25, 0.3) is 0 Å². The number of hydrogen-bond acceptors (Lipinski definition) is 2. The number of rotatable bonds is 2. The van der Waals surface area contributed by atoms with Crippen LogP contribution < -0.4 is 5.73 Å². The summed E-state index contributed by atoms with van der Waals surface area (Å²) < 4.78 is 5.48. The molecule has 1 saturated carbocycles. The van der Waals surface area contributed by atoms with E-state index in [4.69, 9.17) is 10.5 Å². The molecule has 0 saturated heterocycles.